The van der Waals surface area contributed by atoms with Gasteiger partial charge < -0.3 is 19.5 Å². The van der Waals surface area contributed by atoms with Crippen molar-refractivity contribution >= 4 is 12.6 Å². The van der Waals surface area contributed by atoms with Crippen LogP contribution in [0.1, 0.15) is 5.56 Å². The van der Waals surface area contributed by atoms with E-state index < -0.39 is 12.9 Å². The number of hydrogen-bond donors (Lipinski definition) is 2. The number of ether oxygens (including phenoxy) is 2. The molecule has 0 aliphatic heterocycles. The maximum Gasteiger partial charge on any atom is 0.492 e. The molecule has 2 aromatic rings. The van der Waals surface area contributed by atoms with Crippen molar-refractivity contribution < 1.29 is 23.9 Å². The zero-order valence-electron chi connectivity index (χ0n) is 11.6. The third-order valence-electron chi connectivity index (χ3n) is 3.06. The predicted molar refractivity (Wildman–Crippen MR) is 78.4 cm³/mol. The molecule has 110 valence electrons. The molecule has 0 spiro atoms. The van der Waals surface area contributed by atoms with Gasteiger partial charge in [0.2, 0.25) is 0 Å². The molecule has 2 rings (SSSR count). The number of halogens is 1. The monoisotopic (exact) mass is 290 g/mol. The van der Waals surface area contributed by atoms with E-state index in [4.69, 9.17) is 9.47 Å². The van der Waals surface area contributed by atoms with Gasteiger partial charge in [0.15, 0.2) is 0 Å². The number of hydrogen-bond acceptors (Lipinski definition) is 4. The summed E-state index contributed by atoms with van der Waals surface area (Å²) in [6, 6.07) is 11.1. The molecule has 4 nitrogen and oxygen atoms in total. The van der Waals surface area contributed by atoms with E-state index in [1.807, 2.05) is 24.3 Å². The van der Waals surface area contributed by atoms with E-state index in [0.29, 0.717) is 13.0 Å². The van der Waals surface area contributed by atoms with Gasteiger partial charge in [-0.2, -0.15) is 0 Å². The summed E-state index contributed by atoms with van der Waals surface area (Å²) < 4.78 is 23.7. The molecule has 6 heteroatoms. The molecule has 2 N–H and O–H groups in total. The standard InChI is InChI=1S/C15H16BFO4/c1-20-13-5-2-11(3-6-13)8-9-21-15-10-12(17)4-7-14(15)16(18)19/h2-7,10,18-19H,8-9H2,1H3. The van der Waals surface area contributed by atoms with Crippen molar-refractivity contribution in [1.29, 1.82) is 0 Å². The first-order valence-electron chi connectivity index (χ1n) is 6.51. The maximum absolute atomic E-state index is 13.2. The summed E-state index contributed by atoms with van der Waals surface area (Å²) in [5, 5.41) is 18.4. The third kappa shape index (κ3) is 4.21. The average Bonchev–Trinajstić information content (AvgIpc) is 2.48. The summed E-state index contributed by atoms with van der Waals surface area (Å²) in [7, 11) is -0.0920. The summed E-state index contributed by atoms with van der Waals surface area (Å²) in [6.45, 7) is 0.301. The Morgan fingerprint density at radius 2 is 1.81 bits per heavy atom. The molecule has 2 aromatic carbocycles. The first-order valence-corrected chi connectivity index (χ1v) is 6.51. The topological polar surface area (TPSA) is 58.9 Å². The number of benzene rings is 2. The number of methoxy groups -OCH3 is 1. The fraction of sp³-hybridized carbons (Fsp3) is 0.200. The molecule has 0 amide bonds. The van der Waals surface area contributed by atoms with Crippen LogP contribution in [-0.2, 0) is 6.42 Å². The molecule has 0 radical (unpaired) electrons. The molecular weight excluding hydrogens is 274 g/mol. The van der Waals surface area contributed by atoms with Gasteiger partial charge in [0, 0.05) is 17.9 Å². The molecule has 0 unspecified atom stereocenters. The largest absolute Gasteiger partial charge is 0.497 e. The van der Waals surface area contributed by atoms with Crippen molar-refractivity contribution in [3.63, 3.8) is 0 Å². The van der Waals surface area contributed by atoms with Crippen LogP contribution in [0.2, 0.25) is 0 Å². The summed E-state index contributed by atoms with van der Waals surface area (Å²) in [6.07, 6.45) is 0.613. The molecule has 0 atom stereocenters. The molecule has 0 saturated heterocycles. The first kappa shape index (κ1) is 15.3. The second kappa shape index (κ2) is 7.10. The van der Waals surface area contributed by atoms with Crippen molar-refractivity contribution in [1.82, 2.24) is 0 Å². The van der Waals surface area contributed by atoms with E-state index in [1.54, 1.807) is 7.11 Å². The van der Waals surface area contributed by atoms with Gasteiger partial charge in [-0.05, 0) is 23.8 Å². The Morgan fingerprint density at radius 1 is 1.10 bits per heavy atom. The van der Waals surface area contributed by atoms with Crippen LogP contribution in [0, 0.1) is 5.82 Å². The second-order valence-corrected chi connectivity index (χ2v) is 4.50. The quantitative estimate of drug-likeness (QED) is 0.783. The van der Waals surface area contributed by atoms with Gasteiger partial charge in [0.25, 0.3) is 0 Å². The minimum absolute atomic E-state index is 0.138. The fourth-order valence-corrected chi connectivity index (χ4v) is 1.92. The molecule has 0 bridgehead atoms. The van der Waals surface area contributed by atoms with Crippen molar-refractivity contribution in [2.24, 2.45) is 0 Å². The van der Waals surface area contributed by atoms with Crippen molar-refractivity contribution in [3.05, 3.63) is 53.8 Å². The Hall–Kier alpha value is -2.05. The molecule has 21 heavy (non-hydrogen) atoms. The Morgan fingerprint density at radius 3 is 2.43 bits per heavy atom. The van der Waals surface area contributed by atoms with Crippen LogP contribution in [0.25, 0.3) is 0 Å². The van der Waals surface area contributed by atoms with Crippen LogP contribution in [0.3, 0.4) is 0 Å². The molecular formula is C15H16BFO4. The fourth-order valence-electron chi connectivity index (χ4n) is 1.92. The van der Waals surface area contributed by atoms with Crippen molar-refractivity contribution in [2.75, 3.05) is 13.7 Å². The zero-order valence-corrected chi connectivity index (χ0v) is 11.6. The highest BCUT2D eigenvalue weighted by molar-refractivity contribution is 6.59. The Bertz CT molecular complexity index is 587. The highest BCUT2D eigenvalue weighted by atomic mass is 19.1. The summed E-state index contributed by atoms with van der Waals surface area (Å²) >= 11 is 0. The first-order chi connectivity index (χ1) is 10.1. The molecule has 0 fully saturated rings. The van der Waals surface area contributed by atoms with Crippen LogP contribution in [0.15, 0.2) is 42.5 Å². The van der Waals surface area contributed by atoms with Crippen LogP contribution >= 0.6 is 0 Å². The maximum atomic E-state index is 13.2. The number of rotatable bonds is 6. The van der Waals surface area contributed by atoms with Crippen molar-refractivity contribution in [2.45, 2.75) is 6.42 Å². The van der Waals surface area contributed by atoms with Gasteiger partial charge in [-0.3, -0.25) is 0 Å². The summed E-state index contributed by atoms with van der Waals surface area (Å²) in [5.74, 6) is 0.424. The second-order valence-electron chi connectivity index (χ2n) is 4.50. The van der Waals surface area contributed by atoms with E-state index in [-0.39, 0.29) is 11.2 Å². The van der Waals surface area contributed by atoms with Gasteiger partial charge in [0.1, 0.15) is 17.3 Å². The molecule has 0 aliphatic carbocycles. The Kier molecular flexibility index (Phi) is 5.19. The normalized spacial score (nSPS) is 10.3. The van der Waals surface area contributed by atoms with Crippen LogP contribution in [0.5, 0.6) is 11.5 Å². The van der Waals surface area contributed by atoms with E-state index in [1.165, 1.54) is 6.07 Å². The molecule has 0 saturated carbocycles. The summed E-state index contributed by atoms with van der Waals surface area (Å²) in [5.41, 5.74) is 1.18. The van der Waals surface area contributed by atoms with Crippen LogP contribution < -0.4 is 14.9 Å². The minimum atomic E-state index is -1.69. The highest BCUT2D eigenvalue weighted by Crippen LogP contribution is 2.14. The third-order valence-corrected chi connectivity index (χ3v) is 3.06. The lowest BCUT2D eigenvalue weighted by molar-refractivity contribution is 0.320. The lowest BCUT2D eigenvalue weighted by Gasteiger charge is -2.11. The Balaban J connectivity index is 1.97. The lowest BCUT2D eigenvalue weighted by Crippen LogP contribution is -2.31. The molecule has 0 heterocycles. The van der Waals surface area contributed by atoms with E-state index in [9.17, 15) is 14.4 Å². The SMILES string of the molecule is COc1ccc(CCOc2cc(F)ccc2B(O)O)cc1. The zero-order chi connectivity index (χ0) is 15.2. The van der Waals surface area contributed by atoms with Gasteiger partial charge in [-0.1, -0.05) is 18.2 Å². The van der Waals surface area contributed by atoms with E-state index in [2.05, 4.69) is 0 Å². The predicted octanol–water partition coefficient (Wildman–Crippen LogP) is 1.14. The smallest absolute Gasteiger partial charge is 0.492 e. The Labute approximate surface area is 122 Å². The minimum Gasteiger partial charge on any atom is -0.497 e. The van der Waals surface area contributed by atoms with Gasteiger partial charge in [-0.15, -0.1) is 0 Å². The van der Waals surface area contributed by atoms with E-state index in [0.717, 1.165) is 23.4 Å². The van der Waals surface area contributed by atoms with E-state index >= 15 is 0 Å². The molecule has 0 aromatic heterocycles. The van der Waals surface area contributed by atoms with Gasteiger partial charge >= 0.3 is 7.12 Å². The van der Waals surface area contributed by atoms with Crippen LogP contribution in [-0.4, -0.2) is 30.9 Å². The van der Waals surface area contributed by atoms with Gasteiger partial charge in [-0.25, -0.2) is 4.39 Å². The van der Waals surface area contributed by atoms with Crippen molar-refractivity contribution in [3.8, 4) is 11.5 Å². The van der Waals surface area contributed by atoms with Crippen LogP contribution in [0.4, 0.5) is 4.39 Å². The highest BCUT2D eigenvalue weighted by Gasteiger charge is 2.17. The van der Waals surface area contributed by atoms with Gasteiger partial charge in [0.05, 0.1) is 13.7 Å². The average molecular weight is 290 g/mol. The summed E-state index contributed by atoms with van der Waals surface area (Å²) in [4.78, 5) is 0. The lowest BCUT2D eigenvalue weighted by atomic mass is 9.79. The molecule has 0 aliphatic rings.